The van der Waals surface area contributed by atoms with Crippen LogP contribution < -0.4 is 9.59 Å². The van der Waals surface area contributed by atoms with Crippen LogP contribution in [0.1, 0.15) is 6.92 Å². The van der Waals surface area contributed by atoms with Crippen LogP contribution in [0, 0.1) is 17.5 Å². The first kappa shape index (κ1) is 15.4. The summed E-state index contributed by atoms with van der Waals surface area (Å²) in [5.41, 5.74) is 0.124. The van der Waals surface area contributed by atoms with Gasteiger partial charge >= 0.3 is 0 Å². The summed E-state index contributed by atoms with van der Waals surface area (Å²) >= 11 is 0. The second kappa shape index (κ2) is 5.67. The predicted octanol–water partition coefficient (Wildman–Crippen LogP) is 1.06. The van der Waals surface area contributed by atoms with E-state index in [0.717, 1.165) is 13.0 Å². The third-order valence-electron chi connectivity index (χ3n) is 1.74. The number of hydrogen-bond donors (Lipinski definition) is 0. The molecule has 96 valence electrons. The molecule has 0 heterocycles. The molecular formula is C11H14F3NO2. The predicted molar refractivity (Wildman–Crippen MR) is 56.6 cm³/mol. The lowest BCUT2D eigenvalue weighted by molar-refractivity contribution is -0.302. The van der Waals surface area contributed by atoms with Gasteiger partial charge in [0.25, 0.3) is 0 Å². The second-order valence-corrected chi connectivity index (χ2v) is 4.20. The normalized spacial score (nSPS) is 10.5. The van der Waals surface area contributed by atoms with Gasteiger partial charge in [-0.05, 0) is 13.0 Å². The molecule has 6 heteroatoms. The number of carbonyl (C=O) groups is 1. The van der Waals surface area contributed by atoms with Crippen molar-refractivity contribution >= 4 is 11.7 Å². The number of benzene rings is 1. The fourth-order valence-electron chi connectivity index (χ4n) is 1.03. The maximum absolute atomic E-state index is 13.1. The van der Waals surface area contributed by atoms with E-state index in [0.29, 0.717) is 0 Å². The second-order valence-electron chi connectivity index (χ2n) is 4.20. The fraction of sp³-hybridized carbons (Fsp3) is 0.364. The Hall–Kier alpha value is -1.56. The molecule has 0 atom stereocenters. The molecule has 0 aromatic heterocycles. The topological polar surface area (TPSA) is 40.1 Å². The SMILES string of the molecule is CC(=O)[O-].C[N+](C)(C)c1ccc(F)c(F)c1F. The van der Waals surface area contributed by atoms with E-state index in [2.05, 4.69) is 0 Å². The van der Waals surface area contributed by atoms with E-state index < -0.39 is 23.4 Å². The zero-order chi connectivity index (χ0) is 13.8. The number of aliphatic carboxylic acids is 1. The van der Waals surface area contributed by atoms with Crippen molar-refractivity contribution in [3.8, 4) is 0 Å². The quantitative estimate of drug-likeness (QED) is 0.551. The van der Waals surface area contributed by atoms with Crippen LogP contribution in [0.5, 0.6) is 0 Å². The fourth-order valence-corrected chi connectivity index (χ4v) is 1.03. The molecule has 0 amide bonds. The third kappa shape index (κ3) is 4.86. The van der Waals surface area contributed by atoms with Crippen molar-refractivity contribution in [2.45, 2.75) is 6.92 Å². The Labute approximate surface area is 97.7 Å². The van der Waals surface area contributed by atoms with Crippen molar-refractivity contribution < 1.29 is 23.1 Å². The maximum atomic E-state index is 13.1. The Kier molecular flexibility index (Phi) is 5.15. The molecule has 0 fully saturated rings. The van der Waals surface area contributed by atoms with Crippen LogP contribution in [0.3, 0.4) is 0 Å². The van der Waals surface area contributed by atoms with Gasteiger partial charge in [0.05, 0.1) is 21.1 Å². The number of carboxylic acids is 1. The number of nitrogens with zero attached hydrogens (tertiary/aromatic N) is 1. The highest BCUT2D eigenvalue weighted by Crippen LogP contribution is 2.24. The number of carboxylic acid groups (broad SMARTS) is 1. The molecule has 17 heavy (non-hydrogen) atoms. The average Bonchev–Trinajstić information content (AvgIpc) is 2.11. The number of rotatable bonds is 1. The first-order valence-electron chi connectivity index (χ1n) is 4.70. The Morgan fingerprint density at radius 3 is 1.88 bits per heavy atom. The van der Waals surface area contributed by atoms with Crippen LogP contribution in [-0.2, 0) is 4.79 Å². The van der Waals surface area contributed by atoms with Gasteiger partial charge in [-0.2, -0.15) is 4.39 Å². The van der Waals surface area contributed by atoms with Gasteiger partial charge in [0.1, 0.15) is 0 Å². The number of hydrogen-bond acceptors (Lipinski definition) is 2. The van der Waals surface area contributed by atoms with Crippen molar-refractivity contribution in [3.05, 3.63) is 29.6 Å². The standard InChI is InChI=1S/C9H11F3N.C2H4O2/c1-13(2,3)7-5-4-6(10)8(11)9(7)12;1-2(3)4/h4-5H,1-3H3;1H3,(H,3,4)/q+1;/p-1. The molecule has 0 unspecified atom stereocenters. The molecule has 0 spiro atoms. The minimum atomic E-state index is -1.41. The van der Waals surface area contributed by atoms with Crippen molar-refractivity contribution in [1.82, 2.24) is 4.48 Å². The third-order valence-corrected chi connectivity index (χ3v) is 1.74. The van der Waals surface area contributed by atoms with Crippen LogP contribution in [-0.4, -0.2) is 27.1 Å². The van der Waals surface area contributed by atoms with Crippen LogP contribution in [0.4, 0.5) is 18.9 Å². The lowest BCUT2D eigenvalue weighted by atomic mass is 10.2. The first-order chi connectivity index (χ1) is 7.57. The summed E-state index contributed by atoms with van der Waals surface area (Å²) in [5.74, 6) is -4.77. The molecule has 0 radical (unpaired) electrons. The smallest absolute Gasteiger partial charge is 0.222 e. The molecule has 3 nitrogen and oxygen atoms in total. The molecule has 0 N–H and O–H groups in total. The minimum Gasteiger partial charge on any atom is -0.550 e. The van der Waals surface area contributed by atoms with Gasteiger partial charge in [-0.25, -0.2) is 8.78 Å². The zero-order valence-electron chi connectivity index (χ0n) is 10.1. The minimum absolute atomic E-state index is 0.114. The van der Waals surface area contributed by atoms with Crippen LogP contribution >= 0.6 is 0 Å². The molecule has 0 aliphatic carbocycles. The van der Waals surface area contributed by atoms with Gasteiger partial charge in [-0.15, -0.1) is 0 Å². The maximum Gasteiger partial charge on any atom is 0.222 e. The monoisotopic (exact) mass is 249 g/mol. The summed E-state index contributed by atoms with van der Waals surface area (Å²) in [7, 11) is 5.03. The van der Waals surface area contributed by atoms with Crippen LogP contribution in [0.15, 0.2) is 12.1 Å². The molecule has 0 aliphatic heterocycles. The molecule has 0 aliphatic rings. The zero-order valence-corrected chi connectivity index (χ0v) is 10.1. The molecule has 1 aromatic rings. The Morgan fingerprint density at radius 2 is 1.53 bits per heavy atom. The van der Waals surface area contributed by atoms with E-state index in [4.69, 9.17) is 9.90 Å². The first-order valence-corrected chi connectivity index (χ1v) is 4.70. The molecule has 0 saturated heterocycles. The number of halogens is 3. The summed E-state index contributed by atoms with van der Waals surface area (Å²) in [5, 5.41) is 8.89. The van der Waals surface area contributed by atoms with Crippen molar-refractivity contribution in [2.24, 2.45) is 0 Å². The van der Waals surface area contributed by atoms with Gasteiger partial charge in [0.2, 0.25) is 11.6 Å². The van der Waals surface area contributed by atoms with Crippen molar-refractivity contribution in [2.75, 3.05) is 21.1 Å². The van der Waals surface area contributed by atoms with E-state index in [1.807, 2.05) is 0 Å². The summed E-state index contributed by atoms with van der Waals surface area (Å²) in [6, 6.07) is 2.17. The van der Waals surface area contributed by atoms with Gasteiger partial charge < -0.3 is 9.90 Å². The Balaban J connectivity index is 0.000000557. The van der Waals surface area contributed by atoms with Gasteiger partial charge in [0, 0.05) is 12.0 Å². The van der Waals surface area contributed by atoms with Gasteiger partial charge in [-0.1, -0.05) is 0 Å². The highest BCUT2D eigenvalue weighted by Gasteiger charge is 2.23. The number of carbonyl (C=O) groups excluding carboxylic acids is 1. The lowest BCUT2D eigenvalue weighted by Crippen LogP contribution is -2.36. The van der Waals surface area contributed by atoms with E-state index in [1.54, 1.807) is 21.1 Å². The van der Waals surface area contributed by atoms with Crippen LogP contribution in [0.25, 0.3) is 0 Å². The largest absolute Gasteiger partial charge is 0.550 e. The van der Waals surface area contributed by atoms with Crippen molar-refractivity contribution in [1.29, 1.82) is 0 Å². The summed E-state index contributed by atoms with van der Waals surface area (Å²) in [6.45, 7) is 0.972. The molecule has 0 bridgehead atoms. The molecule has 1 rings (SSSR count). The lowest BCUT2D eigenvalue weighted by Gasteiger charge is -2.23. The number of quaternary nitrogens is 1. The molecular weight excluding hydrogens is 235 g/mol. The van der Waals surface area contributed by atoms with E-state index in [-0.39, 0.29) is 10.2 Å². The van der Waals surface area contributed by atoms with Crippen LogP contribution in [0.2, 0.25) is 0 Å². The molecule has 0 saturated carbocycles. The van der Waals surface area contributed by atoms with E-state index in [1.165, 1.54) is 6.07 Å². The van der Waals surface area contributed by atoms with E-state index >= 15 is 0 Å². The summed E-state index contributed by atoms with van der Waals surface area (Å²) in [6.07, 6.45) is 0. The average molecular weight is 249 g/mol. The van der Waals surface area contributed by atoms with Gasteiger partial charge in [0.15, 0.2) is 11.5 Å². The molecule has 1 aromatic carbocycles. The summed E-state index contributed by atoms with van der Waals surface area (Å²) < 4.78 is 38.5. The Morgan fingerprint density at radius 1 is 1.12 bits per heavy atom. The highest BCUT2D eigenvalue weighted by molar-refractivity contribution is 5.60. The highest BCUT2D eigenvalue weighted by atomic mass is 19.2. The van der Waals surface area contributed by atoms with E-state index in [9.17, 15) is 13.2 Å². The Bertz CT molecular complexity index is 410. The van der Waals surface area contributed by atoms with Crippen molar-refractivity contribution in [3.63, 3.8) is 0 Å². The summed E-state index contributed by atoms with van der Waals surface area (Å²) in [4.78, 5) is 8.89. The van der Waals surface area contributed by atoms with Gasteiger partial charge in [-0.3, -0.25) is 4.48 Å².